The number of rotatable bonds is 2. The summed E-state index contributed by atoms with van der Waals surface area (Å²) in [6, 6.07) is 0. The molecule has 0 saturated carbocycles. The number of carbonyl (C=O) groups excluding carboxylic acids is 2. The molecule has 66 valence electrons. The lowest BCUT2D eigenvalue weighted by atomic mass is 10.0. The van der Waals surface area contributed by atoms with E-state index in [1.54, 1.807) is 25.1 Å². The molecule has 1 aliphatic rings. The summed E-state index contributed by atoms with van der Waals surface area (Å²) in [5, 5.41) is 0. The minimum atomic E-state index is 0.0827. The first-order chi connectivity index (χ1) is 5.59. The van der Waals surface area contributed by atoms with E-state index in [1.807, 2.05) is 6.08 Å². The van der Waals surface area contributed by atoms with Gasteiger partial charge < -0.3 is 4.90 Å². The molecule has 0 spiro atoms. The van der Waals surface area contributed by atoms with E-state index in [2.05, 4.69) is 0 Å². The van der Waals surface area contributed by atoms with Crippen LogP contribution in [-0.2, 0) is 9.59 Å². The van der Waals surface area contributed by atoms with Crippen molar-refractivity contribution < 1.29 is 9.59 Å². The molecule has 0 N–H and O–H groups in total. The second-order valence-electron chi connectivity index (χ2n) is 3.28. The van der Waals surface area contributed by atoms with Crippen molar-refractivity contribution in [1.29, 1.82) is 0 Å². The Morgan fingerprint density at radius 1 is 1.67 bits per heavy atom. The maximum Gasteiger partial charge on any atom is 0.222 e. The third-order valence-electron chi connectivity index (χ3n) is 1.95. The summed E-state index contributed by atoms with van der Waals surface area (Å²) >= 11 is 0. The first-order valence-corrected chi connectivity index (χ1v) is 4.01. The van der Waals surface area contributed by atoms with Crippen molar-refractivity contribution in [3.05, 3.63) is 12.2 Å². The first kappa shape index (κ1) is 8.97. The van der Waals surface area contributed by atoms with Crippen LogP contribution in [0, 0.1) is 5.92 Å². The molecule has 12 heavy (non-hydrogen) atoms. The van der Waals surface area contributed by atoms with E-state index >= 15 is 0 Å². The number of ketones is 1. The molecular weight excluding hydrogens is 154 g/mol. The van der Waals surface area contributed by atoms with Crippen molar-refractivity contribution in [2.75, 3.05) is 14.1 Å². The second-order valence-corrected chi connectivity index (χ2v) is 3.28. The SMILES string of the molecule is CN(C)C(=O)C[C@H]1C=CC(=O)C1. The highest BCUT2D eigenvalue weighted by Gasteiger charge is 2.19. The van der Waals surface area contributed by atoms with E-state index < -0.39 is 0 Å². The van der Waals surface area contributed by atoms with Gasteiger partial charge in [0.2, 0.25) is 5.91 Å². The lowest BCUT2D eigenvalue weighted by Gasteiger charge is -2.12. The Morgan fingerprint density at radius 2 is 2.33 bits per heavy atom. The normalized spacial score (nSPS) is 21.5. The Labute approximate surface area is 72.0 Å². The van der Waals surface area contributed by atoms with Crippen LogP contribution in [0.5, 0.6) is 0 Å². The van der Waals surface area contributed by atoms with Gasteiger partial charge in [0.1, 0.15) is 0 Å². The Kier molecular flexibility index (Phi) is 2.63. The Hall–Kier alpha value is -1.12. The molecule has 0 fully saturated rings. The highest BCUT2D eigenvalue weighted by Crippen LogP contribution is 2.18. The van der Waals surface area contributed by atoms with Crippen LogP contribution in [-0.4, -0.2) is 30.7 Å². The van der Waals surface area contributed by atoms with Gasteiger partial charge in [-0.3, -0.25) is 9.59 Å². The Morgan fingerprint density at radius 3 is 2.75 bits per heavy atom. The Bertz CT molecular complexity index is 231. The number of hydrogen-bond acceptors (Lipinski definition) is 2. The fourth-order valence-corrected chi connectivity index (χ4v) is 1.18. The maximum atomic E-state index is 11.2. The minimum Gasteiger partial charge on any atom is -0.349 e. The molecule has 0 aromatic carbocycles. The summed E-state index contributed by atoms with van der Waals surface area (Å²) in [6.07, 6.45) is 4.34. The molecule has 0 heterocycles. The number of nitrogens with zero attached hydrogens (tertiary/aromatic N) is 1. The predicted molar refractivity (Wildman–Crippen MR) is 45.6 cm³/mol. The van der Waals surface area contributed by atoms with Gasteiger partial charge in [-0.1, -0.05) is 6.08 Å². The zero-order valence-corrected chi connectivity index (χ0v) is 7.41. The van der Waals surface area contributed by atoms with Gasteiger partial charge in [-0.15, -0.1) is 0 Å². The summed E-state index contributed by atoms with van der Waals surface area (Å²) in [5.41, 5.74) is 0. The van der Waals surface area contributed by atoms with Crippen molar-refractivity contribution in [3.63, 3.8) is 0 Å². The molecule has 1 rings (SSSR count). The average Bonchev–Trinajstić information content (AvgIpc) is 2.35. The van der Waals surface area contributed by atoms with Crippen LogP contribution in [0.25, 0.3) is 0 Å². The van der Waals surface area contributed by atoms with Crippen LogP contribution in [0.3, 0.4) is 0 Å². The first-order valence-electron chi connectivity index (χ1n) is 4.01. The van der Waals surface area contributed by atoms with Gasteiger partial charge in [-0.25, -0.2) is 0 Å². The average molecular weight is 167 g/mol. The van der Waals surface area contributed by atoms with Crippen LogP contribution < -0.4 is 0 Å². The number of hydrogen-bond donors (Lipinski definition) is 0. The van der Waals surface area contributed by atoms with Crippen molar-refractivity contribution in [2.45, 2.75) is 12.8 Å². The summed E-state index contributed by atoms with van der Waals surface area (Å²) in [6.45, 7) is 0. The molecule has 1 aliphatic carbocycles. The van der Waals surface area contributed by atoms with Crippen LogP contribution in [0.1, 0.15) is 12.8 Å². The summed E-state index contributed by atoms with van der Waals surface area (Å²) < 4.78 is 0. The van der Waals surface area contributed by atoms with Gasteiger partial charge in [-0.05, 0) is 12.0 Å². The fraction of sp³-hybridized carbons (Fsp3) is 0.556. The van der Waals surface area contributed by atoms with E-state index in [-0.39, 0.29) is 17.6 Å². The van der Waals surface area contributed by atoms with Crippen molar-refractivity contribution in [3.8, 4) is 0 Å². The van der Waals surface area contributed by atoms with E-state index in [0.29, 0.717) is 12.8 Å². The standard InChI is InChI=1S/C9H13NO2/c1-10(2)9(12)6-7-3-4-8(11)5-7/h3-4,7H,5-6H2,1-2H3/t7-/m0/s1. The molecule has 0 radical (unpaired) electrons. The van der Waals surface area contributed by atoms with Crippen molar-refractivity contribution >= 4 is 11.7 Å². The van der Waals surface area contributed by atoms with Gasteiger partial charge in [0, 0.05) is 26.9 Å². The van der Waals surface area contributed by atoms with E-state index in [1.165, 1.54) is 0 Å². The van der Waals surface area contributed by atoms with Gasteiger partial charge >= 0.3 is 0 Å². The quantitative estimate of drug-likeness (QED) is 0.604. The predicted octanol–water partition coefficient (Wildman–Crippen LogP) is 0.610. The molecule has 0 saturated heterocycles. The lowest BCUT2D eigenvalue weighted by Crippen LogP contribution is -2.23. The molecule has 1 atom stereocenters. The third kappa shape index (κ3) is 2.19. The lowest BCUT2D eigenvalue weighted by molar-refractivity contribution is -0.129. The number of allylic oxidation sites excluding steroid dienone is 2. The van der Waals surface area contributed by atoms with Crippen LogP contribution >= 0.6 is 0 Å². The summed E-state index contributed by atoms with van der Waals surface area (Å²) in [4.78, 5) is 23.5. The van der Waals surface area contributed by atoms with Crippen LogP contribution in [0.2, 0.25) is 0 Å². The van der Waals surface area contributed by atoms with Crippen molar-refractivity contribution in [1.82, 2.24) is 4.90 Å². The molecule has 0 bridgehead atoms. The molecule has 3 nitrogen and oxygen atoms in total. The number of amides is 1. The minimum absolute atomic E-state index is 0.0827. The molecule has 3 heteroatoms. The van der Waals surface area contributed by atoms with E-state index in [4.69, 9.17) is 0 Å². The second kappa shape index (κ2) is 3.52. The van der Waals surface area contributed by atoms with E-state index in [9.17, 15) is 9.59 Å². The molecule has 0 aromatic rings. The highest BCUT2D eigenvalue weighted by atomic mass is 16.2. The monoisotopic (exact) mass is 167 g/mol. The smallest absolute Gasteiger partial charge is 0.222 e. The topological polar surface area (TPSA) is 37.4 Å². The molecule has 0 aliphatic heterocycles. The van der Waals surface area contributed by atoms with Gasteiger partial charge in [0.25, 0.3) is 0 Å². The third-order valence-corrected chi connectivity index (χ3v) is 1.95. The van der Waals surface area contributed by atoms with Gasteiger partial charge in [-0.2, -0.15) is 0 Å². The highest BCUT2D eigenvalue weighted by molar-refractivity contribution is 5.93. The van der Waals surface area contributed by atoms with Crippen LogP contribution in [0.15, 0.2) is 12.2 Å². The summed E-state index contributed by atoms with van der Waals surface area (Å²) in [5.74, 6) is 0.346. The fourth-order valence-electron chi connectivity index (χ4n) is 1.18. The molecule has 0 unspecified atom stereocenters. The summed E-state index contributed by atoms with van der Waals surface area (Å²) in [7, 11) is 3.45. The maximum absolute atomic E-state index is 11.2. The molecule has 1 amide bonds. The molecular formula is C9H13NO2. The zero-order chi connectivity index (χ0) is 9.14. The van der Waals surface area contributed by atoms with Gasteiger partial charge in [0.05, 0.1) is 0 Å². The van der Waals surface area contributed by atoms with Gasteiger partial charge in [0.15, 0.2) is 5.78 Å². The molecule has 0 aromatic heterocycles. The van der Waals surface area contributed by atoms with Crippen molar-refractivity contribution in [2.24, 2.45) is 5.92 Å². The van der Waals surface area contributed by atoms with E-state index in [0.717, 1.165) is 0 Å². The zero-order valence-electron chi connectivity index (χ0n) is 7.41. The largest absolute Gasteiger partial charge is 0.349 e. The van der Waals surface area contributed by atoms with Crippen LogP contribution in [0.4, 0.5) is 0 Å². The Balaban J connectivity index is 2.38. The number of carbonyl (C=O) groups is 2.